The van der Waals surface area contributed by atoms with Crippen molar-refractivity contribution >= 4 is 17.8 Å². The first-order valence-corrected chi connectivity index (χ1v) is 5.93. The average molecular weight is 257 g/mol. The number of amides is 2. The molecule has 18 heavy (non-hydrogen) atoms. The predicted octanol–water partition coefficient (Wildman–Crippen LogP) is -1.05. The number of primary amides is 1. The van der Waals surface area contributed by atoms with Crippen LogP contribution in [0.5, 0.6) is 0 Å². The van der Waals surface area contributed by atoms with Crippen LogP contribution in [0.15, 0.2) is 0 Å². The van der Waals surface area contributed by atoms with Gasteiger partial charge >= 0.3 is 5.97 Å². The van der Waals surface area contributed by atoms with E-state index >= 15 is 0 Å². The SMILES string of the molecule is NCC1(C(=O)NC(CCC(N)=O)C(=O)O)CCC1. The number of hydrogen-bond donors (Lipinski definition) is 4. The maximum absolute atomic E-state index is 12.0. The summed E-state index contributed by atoms with van der Waals surface area (Å²) >= 11 is 0. The minimum absolute atomic E-state index is 0.00292. The zero-order valence-corrected chi connectivity index (χ0v) is 10.1. The molecule has 1 atom stereocenters. The van der Waals surface area contributed by atoms with E-state index in [0.29, 0.717) is 12.8 Å². The fourth-order valence-electron chi connectivity index (χ4n) is 1.98. The lowest BCUT2D eigenvalue weighted by Crippen LogP contribution is -2.54. The topological polar surface area (TPSA) is 136 Å². The van der Waals surface area contributed by atoms with Gasteiger partial charge in [0.1, 0.15) is 6.04 Å². The smallest absolute Gasteiger partial charge is 0.326 e. The van der Waals surface area contributed by atoms with Crippen molar-refractivity contribution in [3.8, 4) is 0 Å². The molecule has 7 heteroatoms. The number of carbonyl (C=O) groups is 3. The number of nitrogens with two attached hydrogens (primary N) is 2. The van der Waals surface area contributed by atoms with Crippen LogP contribution in [-0.2, 0) is 14.4 Å². The Balaban J connectivity index is 2.57. The van der Waals surface area contributed by atoms with Crippen LogP contribution in [0.4, 0.5) is 0 Å². The van der Waals surface area contributed by atoms with Crippen molar-refractivity contribution in [3.63, 3.8) is 0 Å². The predicted molar refractivity (Wildman–Crippen MR) is 63.3 cm³/mol. The molecule has 1 aliphatic carbocycles. The van der Waals surface area contributed by atoms with E-state index in [1.807, 2.05) is 0 Å². The second kappa shape index (κ2) is 5.81. The van der Waals surface area contributed by atoms with Crippen LogP contribution in [0.3, 0.4) is 0 Å². The van der Waals surface area contributed by atoms with Crippen LogP contribution in [0.25, 0.3) is 0 Å². The van der Waals surface area contributed by atoms with E-state index in [0.717, 1.165) is 6.42 Å². The summed E-state index contributed by atoms with van der Waals surface area (Å²) in [6, 6.07) is -1.09. The first-order valence-electron chi connectivity index (χ1n) is 5.93. The highest BCUT2D eigenvalue weighted by Gasteiger charge is 2.43. The second-order valence-electron chi connectivity index (χ2n) is 4.71. The Kier molecular flexibility index (Phi) is 4.66. The van der Waals surface area contributed by atoms with Gasteiger partial charge in [-0.1, -0.05) is 6.42 Å². The molecular formula is C11H19N3O4. The van der Waals surface area contributed by atoms with Gasteiger partial charge < -0.3 is 21.9 Å². The molecule has 1 aliphatic rings. The van der Waals surface area contributed by atoms with E-state index in [1.165, 1.54) is 0 Å². The Hall–Kier alpha value is -1.63. The third kappa shape index (κ3) is 3.19. The van der Waals surface area contributed by atoms with Crippen molar-refractivity contribution < 1.29 is 19.5 Å². The quantitative estimate of drug-likeness (QED) is 0.461. The van der Waals surface area contributed by atoms with Gasteiger partial charge in [-0.3, -0.25) is 9.59 Å². The minimum Gasteiger partial charge on any atom is -0.480 e. The lowest BCUT2D eigenvalue weighted by atomic mass is 9.68. The summed E-state index contributed by atoms with van der Waals surface area (Å²) in [5.41, 5.74) is 9.89. The van der Waals surface area contributed by atoms with Gasteiger partial charge in [0.05, 0.1) is 5.41 Å². The number of carboxylic acids is 1. The van der Waals surface area contributed by atoms with Gasteiger partial charge in [0.25, 0.3) is 0 Å². The fourth-order valence-corrected chi connectivity index (χ4v) is 1.98. The van der Waals surface area contributed by atoms with E-state index in [4.69, 9.17) is 16.6 Å². The van der Waals surface area contributed by atoms with Gasteiger partial charge in [-0.25, -0.2) is 4.79 Å². The number of aliphatic carboxylic acids is 1. The molecule has 0 heterocycles. The molecular weight excluding hydrogens is 238 g/mol. The molecule has 102 valence electrons. The summed E-state index contributed by atoms with van der Waals surface area (Å²) in [6.45, 7) is 0.209. The summed E-state index contributed by atoms with van der Waals surface area (Å²) < 4.78 is 0. The van der Waals surface area contributed by atoms with E-state index in [9.17, 15) is 14.4 Å². The molecule has 0 radical (unpaired) electrons. The van der Waals surface area contributed by atoms with Gasteiger partial charge in [-0.05, 0) is 19.3 Å². The minimum atomic E-state index is -1.17. The summed E-state index contributed by atoms with van der Waals surface area (Å²) in [5, 5.41) is 11.4. The summed E-state index contributed by atoms with van der Waals surface area (Å²) in [6.07, 6.45) is 2.20. The lowest BCUT2D eigenvalue weighted by molar-refractivity contribution is -0.145. The van der Waals surface area contributed by atoms with Crippen molar-refractivity contribution in [3.05, 3.63) is 0 Å². The zero-order chi connectivity index (χ0) is 13.8. The third-order valence-electron chi connectivity index (χ3n) is 3.47. The molecule has 0 spiro atoms. The normalized spacial score (nSPS) is 18.5. The number of carbonyl (C=O) groups excluding carboxylic acids is 2. The van der Waals surface area contributed by atoms with Gasteiger partial charge in [0.2, 0.25) is 11.8 Å². The molecule has 1 fully saturated rings. The number of hydrogen-bond acceptors (Lipinski definition) is 4. The monoisotopic (exact) mass is 257 g/mol. The van der Waals surface area contributed by atoms with Crippen molar-refractivity contribution in [2.75, 3.05) is 6.54 Å². The maximum atomic E-state index is 12.0. The third-order valence-corrected chi connectivity index (χ3v) is 3.47. The van der Waals surface area contributed by atoms with Crippen molar-refractivity contribution in [2.45, 2.75) is 38.1 Å². The molecule has 6 N–H and O–H groups in total. The summed E-state index contributed by atoms with van der Waals surface area (Å²) in [5.74, 6) is -2.10. The molecule has 7 nitrogen and oxygen atoms in total. The Labute approximate surface area is 105 Å². The summed E-state index contributed by atoms with van der Waals surface area (Å²) in [7, 11) is 0. The van der Waals surface area contributed by atoms with Crippen LogP contribution in [0.1, 0.15) is 32.1 Å². The van der Waals surface area contributed by atoms with Crippen molar-refractivity contribution in [2.24, 2.45) is 16.9 Å². The van der Waals surface area contributed by atoms with Gasteiger partial charge in [-0.15, -0.1) is 0 Å². The molecule has 1 unspecified atom stereocenters. The van der Waals surface area contributed by atoms with Crippen LogP contribution >= 0.6 is 0 Å². The second-order valence-corrected chi connectivity index (χ2v) is 4.71. The molecule has 2 amide bonds. The number of nitrogens with one attached hydrogen (secondary N) is 1. The zero-order valence-electron chi connectivity index (χ0n) is 10.1. The molecule has 0 aromatic rings. The highest BCUT2D eigenvalue weighted by atomic mass is 16.4. The van der Waals surface area contributed by atoms with Crippen LogP contribution in [0, 0.1) is 5.41 Å². The fraction of sp³-hybridized carbons (Fsp3) is 0.727. The van der Waals surface area contributed by atoms with E-state index in [1.54, 1.807) is 0 Å². The maximum Gasteiger partial charge on any atom is 0.326 e. The number of rotatable bonds is 7. The Morgan fingerprint density at radius 2 is 1.94 bits per heavy atom. The van der Waals surface area contributed by atoms with Crippen molar-refractivity contribution in [1.29, 1.82) is 0 Å². The standard InChI is InChI=1S/C11H19N3O4/c12-6-11(4-1-5-11)10(18)14-7(9(16)17)2-3-8(13)15/h7H,1-6,12H2,(H2,13,15)(H,14,18)(H,16,17). The lowest BCUT2D eigenvalue weighted by Gasteiger charge is -2.39. The molecule has 0 aromatic carbocycles. The molecule has 0 aliphatic heterocycles. The molecule has 0 bridgehead atoms. The average Bonchev–Trinajstić information content (AvgIpc) is 2.22. The van der Waals surface area contributed by atoms with E-state index in [-0.39, 0.29) is 25.3 Å². The Bertz CT molecular complexity index is 347. The molecule has 0 saturated heterocycles. The van der Waals surface area contributed by atoms with Crippen LogP contribution < -0.4 is 16.8 Å². The largest absolute Gasteiger partial charge is 0.480 e. The van der Waals surface area contributed by atoms with Crippen LogP contribution in [-0.4, -0.2) is 35.5 Å². The first-order chi connectivity index (χ1) is 8.41. The van der Waals surface area contributed by atoms with E-state index in [2.05, 4.69) is 5.32 Å². The highest BCUT2D eigenvalue weighted by Crippen LogP contribution is 2.40. The van der Waals surface area contributed by atoms with Crippen LogP contribution in [0.2, 0.25) is 0 Å². The molecule has 0 aromatic heterocycles. The Morgan fingerprint density at radius 3 is 2.28 bits per heavy atom. The van der Waals surface area contributed by atoms with Gasteiger partial charge in [0, 0.05) is 13.0 Å². The number of carboxylic acid groups (broad SMARTS) is 1. The van der Waals surface area contributed by atoms with E-state index < -0.39 is 23.3 Å². The highest BCUT2D eigenvalue weighted by molar-refractivity contribution is 5.88. The molecule has 1 rings (SSSR count). The molecule has 1 saturated carbocycles. The summed E-state index contributed by atoms with van der Waals surface area (Å²) in [4.78, 5) is 33.6. The first kappa shape index (κ1) is 14.4. The van der Waals surface area contributed by atoms with Gasteiger partial charge in [0.15, 0.2) is 0 Å². The van der Waals surface area contributed by atoms with Gasteiger partial charge in [-0.2, -0.15) is 0 Å². The Morgan fingerprint density at radius 1 is 1.33 bits per heavy atom. The van der Waals surface area contributed by atoms with Crippen molar-refractivity contribution in [1.82, 2.24) is 5.32 Å².